The summed E-state index contributed by atoms with van der Waals surface area (Å²) in [7, 11) is 1.46. The van der Waals surface area contributed by atoms with Gasteiger partial charge in [0.1, 0.15) is 6.10 Å². The molecule has 8 heteroatoms. The highest BCUT2D eigenvalue weighted by molar-refractivity contribution is 7.81. The van der Waals surface area contributed by atoms with Crippen molar-refractivity contribution in [2.75, 3.05) is 24.8 Å². The molecule has 0 aliphatic heterocycles. The molecular formula is C25H27NO6S. The highest BCUT2D eigenvalue weighted by atomic mass is 32.1. The van der Waals surface area contributed by atoms with Gasteiger partial charge in [-0.2, -0.15) is 12.6 Å². The van der Waals surface area contributed by atoms with E-state index in [4.69, 9.17) is 14.2 Å². The summed E-state index contributed by atoms with van der Waals surface area (Å²) >= 11 is 3.89. The summed E-state index contributed by atoms with van der Waals surface area (Å²) in [6, 6.07) is 18.2. The first kappa shape index (κ1) is 24.3. The summed E-state index contributed by atoms with van der Waals surface area (Å²) in [6.45, 7) is 2.04. The van der Waals surface area contributed by atoms with Crippen LogP contribution in [0, 0.1) is 5.92 Å². The van der Waals surface area contributed by atoms with Crippen LogP contribution in [0.25, 0.3) is 10.8 Å². The lowest BCUT2D eigenvalue weighted by molar-refractivity contribution is -0.141. The number of aromatic hydroxyl groups is 1. The van der Waals surface area contributed by atoms with E-state index in [0.29, 0.717) is 23.4 Å². The van der Waals surface area contributed by atoms with E-state index in [1.54, 1.807) is 18.2 Å². The van der Waals surface area contributed by atoms with E-state index in [9.17, 15) is 14.7 Å². The molecule has 0 unspecified atom stereocenters. The first-order chi connectivity index (χ1) is 15.9. The van der Waals surface area contributed by atoms with Crippen LogP contribution in [0.4, 0.5) is 10.5 Å². The maximum absolute atomic E-state index is 12.9. The number of hydrogen-bond donors (Lipinski definition) is 3. The highest BCUT2D eigenvalue weighted by Gasteiger charge is 2.25. The third-order valence-electron chi connectivity index (χ3n) is 5.27. The van der Waals surface area contributed by atoms with Crippen LogP contribution in [0.15, 0.2) is 60.7 Å². The molecule has 0 aliphatic rings. The second-order valence-corrected chi connectivity index (χ2v) is 7.87. The molecule has 0 aromatic heterocycles. The number of benzene rings is 3. The monoisotopic (exact) mass is 469 g/mol. The highest BCUT2D eigenvalue weighted by Crippen LogP contribution is 2.35. The predicted octanol–water partition coefficient (Wildman–Crippen LogP) is 5.34. The van der Waals surface area contributed by atoms with Gasteiger partial charge in [0.25, 0.3) is 0 Å². The molecule has 3 rings (SSSR count). The molecular weight excluding hydrogens is 442 g/mol. The van der Waals surface area contributed by atoms with Gasteiger partial charge in [0, 0.05) is 11.3 Å². The SMILES string of the molecule is COc1ccc([C@@H](OC(=O)Nc2cccc3ccccc23)[C@@H](C)CCOC(=O)CS)cc1O. The van der Waals surface area contributed by atoms with E-state index < -0.39 is 18.2 Å². The number of anilines is 1. The van der Waals surface area contributed by atoms with Crippen LogP contribution in [0.2, 0.25) is 0 Å². The lowest BCUT2D eigenvalue weighted by atomic mass is 9.94. The maximum atomic E-state index is 12.9. The van der Waals surface area contributed by atoms with Crippen molar-refractivity contribution in [1.29, 1.82) is 0 Å². The van der Waals surface area contributed by atoms with E-state index in [1.807, 2.05) is 43.3 Å². The molecule has 33 heavy (non-hydrogen) atoms. The third kappa shape index (κ3) is 6.32. The number of hydrogen-bond acceptors (Lipinski definition) is 7. The summed E-state index contributed by atoms with van der Waals surface area (Å²) in [4.78, 5) is 24.3. The van der Waals surface area contributed by atoms with E-state index >= 15 is 0 Å². The Morgan fingerprint density at radius 1 is 1.09 bits per heavy atom. The number of carbonyl (C=O) groups is 2. The van der Waals surface area contributed by atoms with Gasteiger partial charge in [0.2, 0.25) is 0 Å². The number of nitrogens with one attached hydrogen (secondary N) is 1. The van der Waals surface area contributed by atoms with E-state index in [-0.39, 0.29) is 24.0 Å². The quantitative estimate of drug-likeness (QED) is 0.289. The summed E-state index contributed by atoms with van der Waals surface area (Å²) in [5.74, 6) is -0.393. The zero-order valence-electron chi connectivity index (χ0n) is 18.5. The number of thiol groups is 1. The number of phenols is 1. The minimum absolute atomic E-state index is 0.00585. The van der Waals surface area contributed by atoms with Crippen LogP contribution in [0.3, 0.4) is 0 Å². The lowest BCUT2D eigenvalue weighted by Crippen LogP contribution is -2.23. The fraction of sp³-hybridized carbons (Fsp3) is 0.280. The number of methoxy groups -OCH3 is 1. The first-order valence-corrected chi connectivity index (χ1v) is 11.1. The van der Waals surface area contributed by atoms with Gasteiger partial charge in [0.15, 0.2) is 11.5 Å². The van der Waals surface area contributed by atoms with Gasteiger partial charge in [-0.05, 0) is 35.6 Å². The second kappa shape index (κ2) is 11.5. The van der Waals surface area contributed by atoms with Crippen molar-refractivity contribution in [1.82, 2.24) is 0 Å². The molecule has 0 heterocycles. The lowest BCUT2D eigenvalue weighted by Gasteiger charge is -2.25. The van der Waals surface area contributed by atoms with E-state index in [0.717, 1.165) is 10.8 Å². The van der Waals surface area contributed by atoms with Gasteiger partial charge in [0.05, 0.1) is 25.2 Å². The molecule has 1 amide bonds. The third-order valence-corrected chi connectivity index (χ3v) is 5.53. The number of esters is 1. The average Bonchev–Trinajstić information content (AvgIpc) is 2.82. The zero-order valence-corrected chi connectivity index (χ0v) is 19.4. The van der Waals surface area contributed by atoms with Crippen molar-refractivity contribution in [2.24, 2.45) is 5.92 Å². The van der Waals surface area contributed by atoms with Gasteiger partial charge in [-0.3, -0.25) is 10.1 Å². The Kier molecular flexibility index (Phi) is 8.43. The predicted molar refractivity (Wildman–Crippen MR) is 130 cm³/mol. The Bertz CT molecular complexity index is 1110. The number of fused-ring (bicyclic) bond motifs is 1. The van der Waals surface area contributed by atoms with Crippen LogP contribution in [-0.4, -0.2) is 36.6 Å². The summed E-state index contributed by atoms with van der Waals surface area (Å²) in [5, 5.41) is 14.9. The summed E-state index contributed by atoms with van der Waals surface area (Å²) < 4.78 is 16.0. The van der Waals surface area contributed by atoms with Crippen molar-refractivity contribution >= 4 is 41.2 Å². The van der Waals surface area contributed by atoms with Gasteiger partial charge < -0.3 is 19.3 Å². The molecule has 0 spiro atoms. The fourth-order valence-corrected chi connectivity index (χ4v) is 3.63. The number of carbonyl (C=O) groups excluding carboxylic acids is 2. The van der Waals surface area contributed by atoms with E-state index in [2.05, 4.69) is 17.9 Å². The van der Waals surface area contributed by atoms with Crippen LogP contribution in [0.5, 0.6) is 11.5 Å². The molecule has 0 radical (unpaired) electrons. The molecule has 0 bridgehead atoms. The topological polar surface area (TPSA) is 94.1 Å². The Hall–Kier alpha value is -3.39. The molecule has 2 atom stereocenters. The zero-order chi connectivity index (χ0) is 23.8. The van der Waals surface area contributed by atoms with E-state index in [1.165, 1.54) is 13.2 Å². The average molecular weight is 470 g/mol. The number of rotatable bonds is 9. The number of ether oxygens (including phenoxy) is 3. The molecule has 0 saturated heterocycles. The molecule has 0 aliphatic carbocycles. The second-order valence-electron chi connectivity index (χ2n) is 7.55. The molecule has 0 fully saturated rings. The van der Waals surface area contributed by atoms with Crippen LogP contribution < -0.4 is 10.1 Å². The largest absolute Gasteiger partial charge is 0.504 e. The van der Waals surface area contributed by atoms with Crippen LogP contribution in [-0.2, 0) is 14.3 Å². The maximum Gasteiger partial charge on any atom is 0.412 e. The minimum Gasteiger partial charge on any atom is -0.504 e. The normalized spacial score (nSPS) is 12.6. The molecule has 0 saturated carbocycles. The molecule has 7 nitrogen and oxygen atoms in total. The Morgan fingerprint density at radius 2 is 1.85 bits per heavy atom. The Labute approximate surface area is 198 Å². The smallest absolute Gasteiger partial charge is 0.412 e. The Balaban J connectivity index is 1.79. The summed E-state index contributed by atoms with van der Waals surface area (Å²) in [6.07, 6.45) is -0.893. The van der Waals surface area contributed by atoms with Crippen molar-refractivity contribution in [3.8, 4) is 11.5 Å². The summed E-state index contributed by atoms with van der Waals surface area (Å²) in [5.41, 5.74) is 1.22. The van der Waals surface area contributed by atoms with Crippen LogP contribution >= 0.6 is 12.6 Å². The molecule has 3 aromatic rings. The first-order valence-electron chi connectivity index (χ1n) is 10.5. The minimum atomic E-state index is -0.702. The molecule has 2 N–H and O–H groups in total. The van der Waals surface area contributed by atoms with Gasteiger partial charge in [-0.15, -0.1) is 0 Å². The van der Waals surface area contributed by atoms with Crippen LogP contribution in [0.1, 0.15) is 25.0 Å². The van der Waals surface area contributed by atoms with Gasteiger partial charge in [-0.25, -0.2) is 4.79 Å². The fourth-order valence-electron chi connectivity index (χ4n) is 3.54. The molecule has 3 aromatic carbocycles. The van der Waals surface area contributed by atoms with Crippen molar-refractivity contribution < 1.29 is 28.9 Å². The Morgan fingerprint density at radius 3 is 2.58 bits per heavy atom. The van der Waals surface area contributed by atoms with Gasteiger partial charge in [-0.1, -0.05) is 49.4 Å². The number of amides is 1. The van der Waals surface area contributed by atoms with Gasteiger partial charge >= 0.3 is 12.1 Å². The van der Waals surface area contributed by atoms with Crippen molar-refractivity contribution in [3.05, 3.63) is 66.2 Å². The molecule has 174 valence electrons. The van der Waals surface area contributed by atoms with Crippen molar-refractivity contribution in [3.63, 3.8) is 0 Å². The van der Waals surface area contributed by atoms with Crippen molar-refractivity contribution in [2.45, 2.75) is 19.4 Å². The number of phenolic OH excluding ortho intramolecular Hbond substituents is 1. The standard InChI is InChI=1S/C25H27NO6S/c1-16(12-13-31-23(28)15-33)24(18-10-11-22(30-2)21(27)14-18)32-25(29)26-20-9-5-7-17-6-3-4-8-19(17)20/h3-11,14,16,24,27,33H,12-13,15H2,1-2H3,(H,26,29)/t16-,24-/m0/s1.